The molecular weight excluding hydrogens is 254 g/mol. The second-order valence-corrected chi connectivity index (χ2v) is 3.38. The number of methoxy groups -OCH3 is 2. The van der Waals surface area contributed by atoms with E-state index in [1.165, 1.54) is 38.5 Å². The van der Waals surface area contributed by atoms with Crippen molar-refractivity contribution in [2.75, 3.05) is 14.2 Å². The first-order valence-corrected chi connectivity index (χ1v) is 5.12. The molecule has 0 aromatic heterocycles. The Hall–Kier alpha value is -2.70. The molecule has 0 bridgehead atoms. The molecule has 0 fully saturated rings. The van der Waals surface area contributed by atoms with Crippen molar-refractivity contribution in [2.45, 2.75) is 0 Å². The Morgan fingerprint density at radius 2 is 1.74 bits per heavy atom. The van der Waals surface area contributed by atoms with Crippen LogP contribution in [0.5, 0.6) is 0 Å². The lowest BCUT2D eigenvalue weighted by atomic mass is 10.1. The molecule has 0 amide bonds. The molecule has 19 heavy (non-hydrogen) atoms. The average Bonchev–Trinajstić information content (AvgIpc) is 2.43. The zero-order chi connectivity index (χ0) is 14.4. The van der Waals surface area contributed by atoms with Gasteiger partial charge in [0.05, 0.1) is 24.7 Å². The zero-order valence-electron chi connectivity index (χ0n) is 10.3. The molecule has 7 nitrogen and oxygen atoms in total. The summed E-state index contributed by atoms with van der Waals surface area (Å²) in [4.78, 5) is 32.7. The van der Waals surface area contributed by atoms with Crippen LogP contribution in [0.25, 0.3) is 5.57 Å². The van der Waals surface area contributed by atoms with Crippen molar-refractivity contribution in [1.82, 2.24) is 0 Å². The average molecular weight is 265 g/mol. The number of carbonyl (C=O) groups is 2. The monoisotopic (exact) mass is 265 g/mol. The number of esters is 2. The van der Waals surface area contributed by atoms with E-state index in [4.69, 9.17) is 0 Å². The van der Waals surface area contributed by atoms with Crippen LogP contribution in [0, 0.1) is 10.1 Å². The van der Waals surface area contributed by atoms with Crippen molar-refractivity contribution in [3.8, 4) is 0 Å². The summed E-state index contributed by atoms with van der Waals surface area (Å²) < 4.78 is 8.97. The van der Waals surface area contributed by atoms with Crippen molar-refractivity contribution in [1.29, 1.82) is 0 Å². The molecule has 1 rings (SSSR count). The van der Waals surface area contributed by atoms with Crippen LogP contribution >= 0.6 is 0 Å². The maximum Gasteiger partial charge on any atom is 0.338 e. The first-order chi connectivity index (χ1) is 8.99. The van der Waals surface area contributed by atoms with E-state index in [0.29, 0.717) is 5.56 Å². The lowest BCUT2D eigenvalue weighted by Gasteiger charge is -2.05. The quantitative estimate of drug-likeness (QED) is 0.352. The normalized spacial score (nSPS) is 10.7. The highest BCUT2D eigenvalue weighted by Gasteiger charge is 2.16. The maximum atomic E-state index is 11.6. The molecule has 0 saturated heterocycles. The molecular formula is C12H11NO6. The van der Waals surface area contributed by atoms with Crippen LogP contribution in [0.15, 0.2) is 30.3 Å². The lowest BCUT2D eigenvalue weighted by molar-refractivity contribution is -0.384. The number of hydrogen-bond donors (Lipinski definition) is 0. The fraction of sp³-hybridized carbons (Fsp3) is 0.167. The number of nitro benzene ring substituents is 1. The van der Waals surface area contributed by atoms with E-state index >= 15 is 0 Å². The second kappa shape index (κ2) is 6.29. The van der Waals surface area contributed by atoms with Crippen LogP contribution in [-0.4, -0.2) is 31.1 Å². The molecule has 0 heterocycles. The molecule has 1 aromatic rings. The molecule has 0 radical (unpaired) electrons. The third kappa shape index (κ3) is 3.63. The topological polar surface area (TPSA) is 95.7 Å². The van der Waals surface area contributed by atoms with Gasteiger partial charge in [0.1, 0.15) is 0 Å². The number of ether oxygens (including phenoxy) is 2. The van der Waals surface area contributed by atoms with E-state index in [2.05, 4.69) is 9.47 Å². The number of nitrogens with zero attached hydrogens (tertiary/aromatic N) is 1. The minimum absolute atomic E-state index is 0.0377. The Morgan fingerprint density at radius 1 is 1.16 bits per heavy atom. The highest BCUT2D eigenvalue weighted by molar-refractivity contribution is 6.20. The lowest BCUT2D eigenvalue weighted by Crippen LogP contribution is -2.07. The first kappa shape index (κ1) is 14.4. The summed E-state index contributed by atoms with van der Waals surface area (Å²) in [6.45, 7) is 0. The first-order valence-electron chi connectivity index (χ1n) is 5.12. The van der Waals surface area contributed by atoms with E-state index in [0.717, 1.165) is 6.08 Å². The number of benzene rings is 1. The van der Waals surface area contributed by atoms with Crippen molar-refractivity contribution in [2.24, 2.45) is 0 Å². The Morgan fingerprint density at radius 3 is 2.16 bits per heavy atom. The largest absolute Gasteiger partial charge is 0.466 e. The molecule has 0 aliphatic carbocycles. The van der Waals surface area contributed by atoms with Crippen LogP contribution in [0.4, 0.5) is 5.69 Å². The summed E-state index contributed by atoms with van der Waals surface area (Å²) in [7, 11) is 2.34. The Labute approximate surface area is 108 Å². The van der Waals surface area contributed by atoms with E-state index in [1.54, 1.807) is 0 Å². The van der Waals surface area contributed by atoms with E-state index in [9.17, 15) is 19.7 Å². The van der Waals surface area contributed by atoms with Crippen LogP contribution in [0.1, 0.15) is 5.56 Å². The summed E-state index contributed by atoms with van der Waals surface area (Å²) >= 11 is 0. The molecule has 100 valence electrons. The van der Waals surface area contributed by atoms with Crippen molar-refractivity contribution < 1.29 is 24.0 Å². The van der Waals surface area contributed by atoms with Gasteiger partial charge < -0.3 is 9.47 Å². The molecule has 0 aliphatic heterocycles. The summed E-state index contributed by atoms with van der Waals surface area (Å²) in [5.74, 6) is -1.46. The van der Waals surface area contributed by atoms with Crippen molar-refractivity contribution >= 4 is 23.2 Å². The molecule has 0 N–H and O–H groups in total. The van der Waals surface area contributed by atoms with E-state index in [-0.39, 0.29) is 11.3 Å². The standard InChI is InChI=1S/C12H11NO6/c1-18-11(14)7-10(12(15)19-2)8-3-5-9(6-4-8)13(16)17/h3-7H,1-2H3/b10-7-. The predicted octanol–water partition coefficient (Wildman–Crippen LogP) is 1.32. The number of non-ortho nitro benzene ring substituents is 1. The van der Waals surface area contributed by atoms with Crippen LogP contribution in [0.2, 0.25) is 0 Å². The van der Waals surface area contributed by atoms with Gasteiger partial charge in [0.25, 0.3) is 5.69 Å². The van der Waals surface area contributed by atoms with E-state index < -0.39 is 16.9 Å². The minimum Gasteiger partial charge on any atom is -0.466 e. The fourth-order valence-electron chi connectivity index (χ4n) is 1.31. The SMILES string of the molecule is COC(=O)/C=C(\C(=O)OC)c1ccc([N+](=O)[O-])cc1. The van der Waals surface area contributed by atoms with Gasteiger partial charge in [-0.15, -0.1) is 0 Å². The van der Waals surface area contributed by atoms with Gasteiger partial charge in [0.2, 0.25) is 0 Å². The van der Waals surface area contributed by atoms with Gasteiger partial charge in [-0.25, -0.2) is 9.59 Å². The van der Waals surface area contributed by atoms with E-state index in [1.807, 2.05) is 0 Å². The number of hydrogen-bond acceptors (Lipinski definition) is 6. The third-order valence-electron chi connectivity index (χ3n) is 2.26. The van der Waals surface area contributed by atoms with Gasteiger partial charge in [-0.3, -0.25) is 10.1 Å². The Bertz CT molecular complexity index is 532. The summed E-state index contributed by atoms with van der Waals surface area (Å²) in [5.41, 5.74) is 0.165. The highest BCUT2D eigenvalue weighted by Crippen LogP contribution is 2.20. The Kier molecular flexibility index (Phi) is 4.76. The second-order valence-electron chi connectivity index (χ2n) is 3.38. The summed E-state index contributed by atoms with van der Waals surface area (Å²) in [6.07, 6.45) is 0.965. The summed E-state index contributed by atoms with van der Waals surface area (Å²) in [5, 5.41) is 10.5. The van der Waals surface area contributed by atoms with Crippen molar-refractivity contribution in [3.63, 3.8) is 0 Å². The zero-order valence-corrected chi connectivity index (χ0v) is 10.3. The van der Waals surface area contributed by atoms with Crippen molar-refractivity contribution in [3.05, 3.63) is 46.0 Å². The Balaban J connectivity index is 3.18. The van der Waals surface area contributed by atoms with Gasteiger partial charge in [-0.1, -0.05) is 0 Å². The molecule has 7 heteroatoms. The van der Waals surface area contributed by atoms with Crippen LogP contribution in [-0.2, 0) is 19.1 Å². The minimum atomic E-state index is -0.737. The van der Waals surface area contributed by atoms with Crippen LogP contribution < -0.4 is 0 Å². The molecule has 0 unspecified atom stereocenters. The van der Waals surface area contributed by atoms with Crippen LogP contribution in [0.3, 0.4) is 0 Å². The number of nitro groups is 1. The third-order valence-corrected chi connectivity index (χ3v) is 2.26. The number of rotatable bonds is 4. The fourth-order valence-corrected chi connectivity index (χ4v) is 1.31. The number of carbonyl (C=O) groups excluding carboxylic acids is 2. The van der Waals surface area contributed by atoms with Gasteiger partial charge in [-0.2, -0.15) is 0 Å². The van der Waals surface area contributed by atoms with Gasteiger partial charge in [0.15, 0.2) is 0 Å². The smallest absolute Gasteiger partial charge is 0.338 e. The molecule has 0 atom stereocenters. The maximum absolute atomic E-state index is 11.6. The van der Waals surface area contributed by atoms with Gasteiger partial charge in [-0.05, 0) is 17.7 Å². The predicted molar refractivity (Wildman–Crippen MR) is 65.1 cm³/mol. The highest BCUT2D eigenvalue weighted by atomic mass is 16.6. The molecule has 1 aromatic carbocycles. The summed E-state index contributed by atoms with van der Waals surface area (Å²) in [6, 6.07) is 5.15. The molecule has 0 saturated carbocycles. The molecule has 0 spiro atoms. The van der Waals surface area contributed by atoms with Gasteiger partial charge >= 0.3 is 11.9 Å². The molecule has 0 aliphatic rings. The van der Waals surface area contributed by atoms with Gasteiger partial charge in [0, 0.05) is 18.2 Å².